The number of aliphatic carboxylic acids is 1. The second kappa shape index (κ2) is 2.43. The van der Waals surface area contributed by atoms with Crippen LogP contribution >= 0.6 is 0 Å². The molecule has 0 amide bonds. The number of carboxylic acid groups (broad SMARTS) is 1. The standard InChI is InChI=1S/C2H3NO4S/c3-1(2(4)5)8(6)7/h3H2,(H,4,5). The zero-order valence-corrected chi connectivity index (χ0v) is 4.47. The topological polar surface area (TPSA) is 97.5 Å². The molecule has 0 unspecified atom stereocenters. The van der Waals surface area contributed by atoms with Gasteiger partial charge in [-0.05, 0) is 0 Å². The largest absolute Gasteiger partial charge is 0.476 e. The predicted molar refractivity (Wildman–Crippen MR) is 25.8 cm³/mol. The van der Waals surface area contributed by atoms with Crippen molar-refractivity contribution in [1.29, 1.82) is 0 Å². The van der Waals surface area contributed by atoms with Gasteiger partial charge in [0, 0.05) is 0 Å². The molecule has 5 nitrogen and oxygen atoms in total. The van der Waals surface area contributed by atoms with Crippen molar-refractivity contribution < 1.29 is 18.3 Å². The SMILES string of the molecule is NC(C(=O)O)=S(=O)=O. The Labute approximate surface area is 46.3 Å². The van der Waals surface area contributed by atoms with Crippen molar-refractivity contribution in [1.82, 2.24) is 0 Å². The third-order valence-electron chi connectivity index (χ3n) is 0.390. The highest BCUT2D eigenvalue weighted by Gasteiger charge is 2.01. The van der Waals surface area contributed by atoms with Gasteiger partial charge < -0.3 is 5.11 Å². The summed E-state index contributed by atoms with van der Waals surface area (Å²) in [4.78, 5) is 8.52. The molecule has 0 fully saturated rings. The van der Waals surface area contributed by atoms with Crippen LogP contribution in [-0.4, -0.2) is 24.5 Å². The Morgan fingerprint density at radius 1 is 1.50 bits per heavy atom. The Balaban J connectivity index is 4.78. The first-order chi connectivity index (χ1) is 3.55. The average Bonchev–Trinajstić information content (AvgIpc) is 1.64. The van der Waals surface area contributed by atoms with Gasteiger partial charge in [0.05, 0.1) is 0 Å². The number of carboxylic acids is 1. The molecular weight excluding hydrogens is 134 g/mol. The van der Waals surface area contributed by atoms with Gasteiger partial charge in [-0.2, -0.15) is 8.42 Å². The minimum Gasteiger partial charge on any atom is -0.476 e. The third kappa shape index (κ3) is 1.71. The summed E-state index contributed by atoms with van der Waals surface area (Å²) < 4.78 is 19.2. The van der Waals surface area contributed by atoms with Gasteiger partial charge >= 0.3 is 5.97 Å². The molecule has 0 aromatic rings. The minimum atomic E-state index is -2.80. The smallest absolute Gasteiger partial charge is 0.362 e. The first-order valence-electron chi connectivity index (χ1n) is 1.50. The lowest BCUT2D eigenvalue weighted by atomic mass is 10.7. The molecule has 6 heteroatoms. The summed E-state index contributed by atoms with van der Waals surface area (Å²) in [6.07, 6.45) is 0. The summed E-state index contributed by atoms with van der Waals surface area (Å²) in [6.45, 7) is 0. The maximum absolute atomic E-state index is 9.60. The van der Waals surface area contributed by atoms with Crippen molar-refractivity contribution >= 4 is 21.3 Å². The molecule has 0 radical (unpaired) electrons. The van der Waals surface area contributed by atoms with E-state index in [1.807, 2.05) is 0 Å². The van der Waals surface area contributed by atoms with E-state index < -0.39 is 21.3 Å². The second-order valence-corrected chi connectivity index (χ2v) is 1.81. The molecule has 0 heterocycles. The van der Waals surface area contributed by atoms with Crippen LogP contribution in [0.15, 0.2) is 0 Å². The van der Waals surface area contributed by atoms with Crippen LogP contribution in [0.1, 0.15) is 0 Å². The third-order valence-corrected chi connectivity index (χ3v) is 0.924. The van der Waals surface area contributed by atoms with Crippen LogP contribution in [0.4, 0.5) is 0 Å². The molecule has 0 rings (SSSR count). The fourth-order valence-corrected chi connectivity index (χ4v) is 0.214. The second-order valence-electron chi connectivity index (χ2n) is 0.904. The summed E-state index contributed by atoms with van der Waals surface area (Å²) >= 11 is 0. The van der Waals surface area contributed by atoms with Crippen molar-refractivity contribution in [3.63, 3.8) is 0 Å². The highest BCUT2D eigenvalue weighted by Crippen LogP contribution is 1.57. The van der Waals surface area contributed by atoms with Crippen molar-refractivity contribution in [2.75, 3.05) is 0 Å². The fourth-order valence-electron chi connectivity index (χ4n) is 0.0713. The highest BCUT2D eigenvalue weighted by molar-refractivity contribution is 7.74. The molecule has 3 N–H and O–H groups in total. The Bertz CT molecular complexity index is 216. The van der Waals surface area contributed by atoms with E-state index in [2.05, 4.69) is 5.73 Å². The van der Waals surface area contributed by atoms with Crippen LogP contribution in [0.5, 0.6) is 0 Å². The number of hydrogen-bond donors (Lipinski definition) is 2. The number of hydrogen-bond acceptors (Lipinski definition) is 3. The molecule has 0 spiro atoms. The first kappa shape index (κ1) is 7.12. The summed E-state index contributed by atoms with van der Waals surface area (Å²) in [5, 5.41) is 7.80. The van der Waals surface area contributed by atoms with E-state index in [1.54, 1.807) is 0 Å². The van der Waals surface area contributed by atoms with E-state index in [-0.39, 0.29) is 0 Å². The van der Waals surface area contributed by atoms with Gasteiger partial charge in [0.1, 0.15) is 0 Å². The molecule has 0 aliphatic rings. The normalized spacial score (nSPS) is 8.12. The van der Waals surface area contributed by atoms with Gasteiger partial charge in [-0.15, -0.1) is 0 Å². The van der Waals surface area contributed by atoms with Crippen LogP contribution in [-0.2, 0) is 15.1 Å². The van der Waals surface area contributed by atoms with Gasteiger partial charge in [0.25, 0.3) is 0 Å². The van der Waals surface area contributed by atoms with Gasteiger partial charge in [0.15, 0.2) is 0 Å². The molecule has 0 aromatic heterocycles. The summed E-state index contributed by atoms with van der Waals surface area (Å²) in [5.74, 6) is -1.63. The highest BCUT2D eigenvalue weighted by atomic mass is 32.2. The van der Waals surface area contributed by atoms with Gasteiger partial charge in [0.2, 0.25) is 15.3 Å². The molecule has 0 aliphatic carbocycles. The Morgan fingerprint density at radius 3 is 1.88 bits per heavy atom. The summed E-state index contributed by atoms with van der Waals surface area (Å²) in [6, 6.07) is 0. The van der Waals surface area contributed by atoms with Gasteiger partial charge in [-0.1, -0.05) is 0 Å². The van der Waals surface area contributed by atoms with E-state index in [0.29, 0.717) is 0 Å². The summed E-state index contributed by atoms with van der Waals surface area (Å²) in [5.41, 5.74) is 4.46. The number of rotatable bonds is 0. The molecule has 0 atom stereocenters. The lowest BCUT2D eigenvalue weighted by Crippen LogP contribution is -2.23. The van der Waals surface area contributed by atoms with Crippen LogP contribution in [0.25, 0.3) is 0 Å². The Morgan fingerprint density at radius 2 is 1.88 bits per heavy atom. The van der Waals surface area contributed by atoms with E-state index in [9.17, 15) is 13.2 Å². The van der Waals surface area contributed by atoms with Gasteiger partial charge in [-0.25, -0.2) is 4.79 Å². The van der Waals surface area contributed by atoms with Crippen molar-refractivity contribution in [3.8, 4) is 0 Å². The molecule has 0 aliphatic heterocycles. The molecule has 0 bridgehead atoms. The zero-order chi connectivity index (χ0) is 6.73. The van der Waals surface area contributed by atoms with Crippen LogP contribution in [0.3, 0.4) is 0 Å². The Kier molecular flexibility index (Phi) is 2.17. The molecular formula is C2H3NO4S. The zero-order valence-electron chi connectivity index (χ0n) is 3.66. The van der Waals surface area contributed by atoms with Crippen molar-refractivity contribution in [2.24, 2.45) is 5.73 Å². The van der Waals surface area contributed by atoms with Crippen LogP contribution < -0.4 is 5.73 Å². The molecule has 46 valence electrons. The molecule has 0 saturated carbocycles. The lowest BCUT2D eigenvalue weighted by molar-refractivity contribution is -0.129. The molecule has 0 aromatic carbocycles. The number of carbonyl (C=O) groups is 1. The first-order valence-corrected chi connectivity index (χ1v) is 2.58. The molecule has 8 heavy (non-hydrogen) atoms. The van der Waals surface area contributed by atoms with E-state index in [1.165, 1.54) is 0 Å². The Hall–Kier alpha value is -0.880. The lowest BCUT2D eigenvalue weighted by Gasteiger charge is -1.77. The van der Waals surface area contributed by atoms with E-state index >= 15 is 0 Å². The maximum atomic E-state index is 9.60. The average molecular weight is 137 g/mol. The van der Waals surface area contributed by atoms with Crippen molar-refractivity contribution in [3.05, 3.63) is 0 Å². The van der Waals surface area contributed by atoms with Crippen molar-refractivity contribution in [2.45, 2.75) is 0 Å². The number of nitrogens with two attached hydrogens (primary N) is 1. The van der Waals surface area contributed by atoms with E-state index in [4.69, 9.17) is 5.11 Å². The van der Waals surface area contributed by atoms with E-state index in [0.717, 1.165) is 0 Å². The molecule has 0 saturated heterocycles. The predicted octanol–water partition coefficient (Wildman–Crippen LogP) is -1.96. The quantitative estimate of drug-likeness (QED) is 0.378. The van der Waals surface area contributed by atoms with Gasteiger partial charge in [-0.3, -0.25) is 5.73 Å². The maximum Gasteiger partial charge on any atom is 0.362 e. The summed E-state index contributed by atoms with van der Waals surface area (Å²) in [7, 11) is -2.80. The van der Waals surface area contributed by atoms with Crippen LogP contribution in [0, 0.1) is 0 Å². The van der Waals surface area contributed by atoms with Crippen LogP contribution in [0.2, 0.25) is 0 Å². The fraction of sp³-hybridized carbons (Fsp3) is 0. The monoisotopic (exact) mass is 137 g/mol. The minimum absolute atomic E-state index is 1.06.